The Hall–Kier alpha value is -1.87. The summed E-state index contributed by atoms with van der Waals surface area (Å²) >= 11 is 0. The normalized spacial score (nSPS) is 13.8. The molecule has 0 bridgehead atoms. The molecule has 2 atom stereocenters. The smallest absolute Gasteiger partial charge is 0.126 e. The zero-order valence-electron chi connectivity index (χ0n) is 13.0. The number of benzene rings is 2. The first kappa shape index (κ1) is 15.5. The molecule has 0 saturated carbocycles. The van der Waals surface area contributed by atoms with Gasteiger partial charge in [0, 0.05) is 12.1 Å². The van der Waals surface area contributed by atoms with Gasteiger partial charge in [-0.3, -0.25) is 0 Å². The summed E-state index contributed by atoms with van der Waals surface area (Å²) in [5.74, 6) is 0.692. The Morgan fingerprint density at radius 3 is 2.10 bits per heavy atom. The maximum atomic E-state index is 13.6. The molecule has 0 aliphatic heterocycles. The Morgan fingerprint density at radius 1 is 0.952 bits per heavy atom. The molecule has 0 saturated heterocycles. The minimum atomic E-state index is -0.154. The lowest BCUT2D eigenvalue weighted by molar-refractivity contribution is 0.414. The molecule has 0 spiro atoms. The molecule has 2 nitrogen and oxygen atoms in total. The molecule has 0 radical (unpaired) electrons. The van der Waals surface area contributed by atoms with Crippen LogP contribution in [0.2, 0.25) is 0 Å². The first-order valence-electron chi connectivity index (χ1n) is 7.17. The fourth-order valence-corrected chi connectivity index (χ4v) is 2.34. The van der Waals surface area contributed by atoms with Crippen LogP contribution < -0.4 is 10.1 Å². The van der Waals surface area contributed by atoms with E-state index >= 15 is 0 Å². The van der Waals surface area contributed by atoms with Gasteiger partial charge in [0.25, 0.3) is 0 Å². The number of ether oxygens (including phenoxy) is 1. The van der Waals surface area contributed by atoms with Crippen molar-refractivity contribution < 1.29 is 9.13 Å². The van der Waals surface area contributed by atoms with Crippen LogP contribution in [0.25, 0.3) is 0 Å². The molecule has 0 aliphatic rings. The van der Waals surface area contributed by atoms with Crippen molar-refractivity contribution in [1.82, 2.24) is 5.32 Å². The van der Waals surface area contributed by atoms with Gasteiger partial charge in [0.1, 0.15) is 11.6 Å². The zero-order chi connectivity index (χ0) is 15.4. The number of hydrogen-bond acceptors (Lipinski definition) is 2. The Labute approximate surface area is 126 Å². The van der Waals surface area contributed by atoms with E-state index in [1.54, 1.807) is 20.1 Å². The van der Waals surface area contributed by atoms with Crippen molar-refractivity contribution >= 4 is 0 Å². The van der Waals surface area contributed by atoms with E-state index in [9.17, 15) is 4.39 Å². The predicted octanol–water partition coefficient (Wildman–Crippen LogP) is 4.55. The molecule has 2 aromatic rings. The van der Waals surface area contributed by atoms with Crippen molar-refractivity contribution in [3.8, 4) is 5.75 Å². The van der Waals surface area contributed by atoms with Crippen LogP contribution in [-0.4, -0.2) is 7.11 Å². The second-order valence-electron chi connectivity index (χ2n) is 5.39. The summed E-state index contributed by atoms with van der Waals surface area (Å²) in [6, 6.07) is 13.6. The molecular formula is C18H22FNO. The van der Waals surface area contributed by atoms with E-state index in [0.29, 0.717) is 5.56 Å². The number of nitrogens with one attached hydrogen (secondary N) is 1. The van der Waals surface area contributed by atoms with Crippen LogP contribution in [0, 0.1) is 12.7 Å². The van der Waals surface area contributed by atoms with Gasteiger partial charge in [-0.15, -0.1) is 0 Å². The molecule has 112 valence electrons. The molecule has 0 amide bonds. The van der Waals surface area contributed by atoms with Crippen molar-refractivity contribution in [3.05, 3.63) is 65.0 Å². The molecule has 1 unspecified atom stereocenters. The van der Waals surface area contributed by atoms with Crippen LogP contribution in [-0.2, 0) is 0 Å². The Balaban J connectivity index is 2.06. The van der Waals surface area contributed by atoms with Crippen molar-refractivity contribution in [2.75, 3.05) is 7.11 Å². The fraction of sp³-hybridized carbons (Fsp3) is 0.333. The third-order valence-corrected chi connectivity index (χ3v) is 3.81. The van der Waals surface area contributed by atoms with Gasteiger partial charge >= 0.3 is 0 Å². The standard InChI is InChI=1S/C18H22FNO/c1-12-5-6-16(11-18(12)19)14(3)20-13(2)15-7-9-17(21-4)10-8-15/h5-11,13-14,20H,1-4H3/t13-,14?/m1/s1. The second-order valence-corrected chi connectivity index (χ2v) is 5.39. The zero-order valence-corrected chi connectivity index (χ0v) is 13.0. The molecule has 21 heavy (non-hydrogen) atoms. The van der Waals surface area contributed by atoms with Gasteiger partial charge in [0.05, 0.1) is 7.11 Å². The van der Waals surface area contributed by atoms with E-state index in [4.69, 9.17) is 4.74 Å². The molecule has 3 heteroatoms. The molecule has 0 aromatic heterocycles. The Kier molecular flexibility index (Phi) is 4.97. The quantitative estimate of drug-likeness (QED) is 0.870. The molecule has 0 heterocycles. The highest BCUT2D eigenvalue weighted by molar-refractivity contribution is 5.30. The molecule has 0 fully saturated rings. The fourth-order valence-electron chi connectivity index (χ4n) is 2.34. The van der Waals surface area contributed by atoms with Gasteiger partial charge in [-0.05, 0) is 55.7 Å². The van der Waals surface area contributed by atoms with E-state index in [1.807, 2.05) is 43.3 Å². The first-order chi connectivity index (χ1) is 10.0. The average molecular weight is 287 g/mol. The first-order valence-corrected chi connectivity index (χ1v) is 7.17. The summed E-state index contributed by atoms with van der Waals surface area (Å²) in [5.41, 5.74) is 2.81. The van der Waals surface area contributed by atoms with Crippen LogP contribution >= 0.6 is 0 Å². The monoisotopic (exact) mass is 287 g/mol. The maximum absolute atomic E-state index is 13.6. The molecule has 2 aromatic carbocycles. The SMILES string of the molecule is COc1ccc([C@@H](C)NC(C)c2ccc(C)c(F)c2)cc1. The third kappa shape index (κ3) is 3.82. The van der Waals surface area contributed by atoms with Crippen LogP contribution in [0.3, 0.4) is 0 Å². The summed E-state index contributed by atoms with van der Waals surface area (Å²) in [6.07, 6.45) is 0. The molecule has 1 N–H and O–H groups in total. The summed E-state index contributed by atoms with van der Waals surface area (Å²) in [6.45, 7) is 5.92. The van der Waals surface area contributed by atoms with Crippen molar-refractivity contribution in [2.24, 2.45) is 0 Å². The van der Waals surface area contributed by atoms with E-state index in [2.05, 4.69) is 12.2 Å². The predicted molar refractivity (Wildman–Crippen MR) is 84.1 cm³/mol. The summed E-state index contributed by atoms with van der Waals surface area (Å²) in [4.78, 5) is 0. The minimum Gasteiger partial charge on any atom is -0.497 e. The second kappa shape index (κ2) is 6.72. The van der Waals surface area contributed by atoms with Crippen molar-refractivity contribution in [2.45, 2.75) is 32.9 Å². The lowest BCUT2D eigenvalue weighted by Crippen LogP contribution is -2.22. The van der Waals surface area contributed by atoms with Crippen LogP contribution in [0.5, 0.6) is 5.75 Å². The number of rotatable bonds is 5. The number of aryl methyl sites for hydroxylation is 1. The lowest BCUT2D eigenvalue weighted by atomic mass is 10.0. The molecule has 0 aliphatic carbocycles. The van der Waals surface area contributed by atoms with Crippen LogP contribution in [0.15, 0.2) is 42.5 Å². The van der Waals surface area contributed by atoms with Crippen LogP contribution in [0.1, 0.15) is 42.6 Å². The van der Waals surface area contributed by atoms with Crippen molar-refractivity contribution in [1.29, 1.82) is 0 Å². The van der Waals surface area contributed by atoms with Gasteiger partial charge < -0.3 is 10.1 Å². The lowest BCUT2D eigenvalue weighted by Gasteiger charge is -2.21. The number of methoxy groups -OCH3 is 1. The average Bonchev–Trinajstić information content (AvgIpc) is 2.50. The molecule has 2 rings (SSSR count). The van der Waals surface area contributed by atoms with E-state index in [-0.39, 0.29) is 17.9 Å². The topological polar surface area (TPSA) is 21.3 Å². The van der Waals surface area contributed by atoms with Gasteiger partial charge in [-0.1, -0.05) is 24.3 Å². The third-order valence-electron chi connectivity index (χ3n) is 3.81. The number of halogens is 1. The van der Waals surface area contributed by atoms with Gasteiger partial charge in [0.15, 0.2) is 0 Å². The van der Waals surface area contributed by atoms with Gasteiger partial charge in [-0.25, -0.2) is 4.39 Å². The van der Waals surface area contributed by atoms with E-state index in [0.717, 1.165) is 11.3 Å². The van der Waals surface area contributed by atoms with Gasteiger partial charge in [0.2, 0.25) is 0 Å². The van der Waals surface area contributed by atoms with E-state index in [1.165, 1.54) is 5.56 Å². The largest absolute Gasteiger partial charge is 0.497 e. The summed E-state index contributed by atoms with van der Waals surface area (Å²) < 4.78 is 18.8. The minimum absolute atomic E-state index is 0.0807. The molecular weight excluding hydrogens is 265 g/mol. The maximum Gasteiger partial charge on any atom is 0.126 e. The Morgan fingerprint density at radius 2 is 1.52 bits per heavy atom. The highest BCUT2D eigenvalue weighted by Gasteiger charge is 2.12. The van der Waals surface area contributed by atoms with Crippen LogP contribution in [0.4, 0.5) is 4.39 Å². The Bertz CT molecular complexity index is 595. The van der Waals surface area contributed by atoms with Crippen molar-refractivity contribution in [3.63, 3.8) is 0 Å². The summed E-state index contributed by atoms with van der Waals surface area (Å²) in [7, 11) is 1.66. The van der Waals surface area contributed by atoms with E-state index < -0.39 is 0 Å². The van der Waals surface area contributed by atoms with Gasteiger partial charge in [-0.2, -0.15) is 0 Å². The number of hydrogen-bond donors (Lipinski definition) is 1. The summed E-state index contributed by atoms with van der Waals surface area (Å²) in [5, 5.41) is 3.49. The highest BCUT2D eigenvalue weighted by atomic mass is 19.1. The highest BCUT2D eigenvalue weighted by Crippen LogP contribution is 2.22.